The summed E-state index contributed by atoms with van der Waals surface area (Å²) >= 11 is 1.69. The van der Waals surface area contributed by atoms with Gasteiger partial charge in [0.15, 0.2) is 9.84 Å². The lowest BCUT2D eigenvalue weighted by Gasteiger charge is -2.20. The first-order valence-corrected chi connectivity index (χ1v) is 9.29. The smallest absolute Gasteiger partial charge is 0.175 e. The van der Waals surface area contributed by atoms with Gasteiger partial charge >= 0.3 is 0 Å². The van der Waals surface area contributed by atoms with Crippen molar-refractivity contribution in [1.82, 2.24) is 5.32 Å². The molecule has 0 aliphatic heterocycles. The molecule has 3 nitrogen and oxygen atoms in total. The van der Waals surface area contributed by atoms with Crippen LogP contribution in [-0.2, 0) is 9.84 Å². The van der Waals surface area contributed by atoms with E-state index in [1.54, 1.807) is 23.5 Å². The van der Waals surface area contributed by atoms with E-state index in [2.05, 4.69) is 36.0 Å². The van der Waals surface area contributed by atoms with Crippen molar-refractivity contribution in [2.75, 3.05) is 6.26 Å². The summed E-state index contributed by atoms with van der Waals surface area (Å²) in [5.41, 5.74) is 2.36. The van der Waals surface area contributed by atoms with Gasteiger partial charge in [0.1, 0.15) is 0 Å². The molecule has 0 spiro atoms. The van der Waals surface area contributed by atoms with Crippen molar-refractivity contribution < 1.29 is 8.42 Å². The van der Waals surface area contributed by atoms with Crippen LogP contribution in [0.25, 0.3) is 0 Å². The maximum absolute atomic E-state index is 11.4. The molecular formula is C15H19NO2S2. The van der Waals surface area contributed by atoms with Crippen LogP contribution < -0.4 is 5.32 Å². The molecule has 0 amide bonds. The molecule has 0 aliphatic rings. The van der Waals surface area contributed by atoms with E-state index >= 15 is 0 Å². The van der Waals surface area contributed by atoms with Crippen LogP contribution in [0.15, 0.2) is 46.0 Å². The van der Waals surface area contributed by atoms with E-state index in [1.165, 1.54) is 11.8 Å². The van der Waals surface area contributed by atoms with E-state index in [4.69, 9.17) is 0 Å². The molecule has 108 valence electrons. The fourth-order valence-corrected chi connectivity index (χ4v) is 3.48. The lowest BCUT2D eigenvalue weighted by molar-refractivity contribution is 0.495. The Morgan fingerprint density at radius 2 is 1.60 bits per heavy atom. The van der Waals surface area contributed by atoms with Gasteiger partial charge in [0.25, 0.3) is 0 Å². The second-order valence-corrected chi connectivity index (χ2v) is 7.80. The quantitative estimate of drug-likeness (QED) is 0.918. The molecule has 1 N–H and O–H groups in total. The summed E-state index contributed by atoms with van der Waals surface area (Å²) in [6, 6.07) is 9.62. The molecule has 0 fully saturated rings. The molecule has 2 aromatic rings. The molecule has 20 heavy (non-hydrogen) atoms. The Morgan fingerprint density at radius 1 is 1.00 bits per heavy atom. The summed E-state index contributed by atoms with van der Waals surface area (Å²) in [6.07, 6.45) is 1.22. The Labute approximate surface area is 124 Å². The first-order valence-electron chi connectivity index (χ1n) is 6.46. The Balaban J connectivity index is 2.08. The van der Waals surface area contributed by atoms with Gasteiger partial charge in [-0.05, 0) is 53.9 Å². The summed E-state index contributed by atoms with van der Waals surface area (Å²) in [4.78, 5) is 0.360. The molecule has 5 heteroatoms. The van der Waals surface area contributed by atoms with Gasteiger partial charge in [-0.2, -0.15) is 11.3 Å². The zero-order valence-corrected chi connectivity index (χ0v) is 13.5. The van der Waals surface area contributed by atoms with Crippen molar-refractivity contribution in [2.24, 2.45) is 0 Å². The lowest BCUT2D eigenvalue weighted by atomic mass is 10.1. The van der Waals surface area contributed by atoms with Crippen molar-refractivity contribution in [3.63, 3.8) is 0 Å². The molecule has 0 saturated carbocycles. The van der Waals surface area contributed by atoms with Crippen LogP contribution in [0.3, 0.4) is 0 Å². The fraction of sp³-hybridized carbons (Fsp3) is 0.333. The SMILES string of the molecule is CC(NC(C)c1ccsc1)c1ccc(S(C)(=O)=O)cc1. The Bertz CT molecular complexity index is 646. The van der Waals surface area contributed by atoms with Crippen molar-refractivity contribution in [3.8, 4) is 0 Å². The highest BCUT2D eigenvalue weighted by molar-refractivity contribution is 7.90. The van der Waals surface area contributed by atoms with Crippen LogP contribution >= 0.6 is 11.3 Å². The van der Waals surface area contributed by atoms with Crippen LogP contribution in [0.4, 0.5) is 0 Å². The molecule has 1 heterocycles. The van der Waals surface area contributed by atoms with Gasteiger partial charge in [-0.15, -0.1) is 0 Å². The molecule has 0 aliphatic carbocycles. The predicted octanol–water partition coefficient (Wildman–Crippen LogP) is 3.56. The van der Waals surface area contributed by atoms with Crippen molar-refractivity contribution in [3.05, 3.63) is 52.2 Å². The molecule has 0 radical (unpaired) electrons. The largest absolute Gasteiger partial charge is 0.304 e. The van der Waals surface area contributed by atoms with Crippen LogP contribution in [0.5, 0.6) is 0 Å². The maximum Gasteiger partial charge on any atom is 0.175 e. The second-order valence-electron chi connectivity index (χ2n) is 5.01. The first kappa shape index (κ1) is 15.2. The average Bonchev–Trinajstić information content (AvgIpc) is 2.91. The van der Waals surface area contributed by atoms with Crippen LogP contribution in [0, 0.1) is 0 Å². The number of hydrogen-bond donors (Lipinski definition) is 1. The van der Waals surface area contributed by atoms with E-state index < -0.39 is 9.84 Å². The van der Waals surface area contributed by atoms with Gasteiger partial charge in [0.05, 0.1) is 4.90 Å². The van der Waals surface area contributed by atoms with Gasteiger partial charge in [-0.3, -0.25) is 0 Å². The molecule has 2 unspecified atom stereocenters. The van der Waals surface area contributed by atoms with E-state index in [0.717, 1.165) is 5.56 Å². The minimum absolute atomic E-state index is 0.165. The highest BCUT2D eigenvalue weighted by Crippen LogP contribution is 2.22. The summed E-state index contributed by atoms with van der Waals surface area (Å²) in [5.74, 6) is 0. The number of rotatable bonds is 5. The number of nitrogens with one attached hydrogen (secondary N) is 1. The van der Waals surface area contributed by atoms with Crippen molar-refractivity contribution in [2.45, 2.75) is 30.8 Å². The third kappa shape index (κ3) is 3.69. The predicted molar refractivity (Wildman–Crippen MR) is 83.8 cm³/mol. The van der Waals surface area contributed by atoms with E-state index in [-0.39, 0.29) is 12.1 Å². The zero-order chi connectivity index (χ0) is 14.8. The second kappa shape index (κ2) is 6.08. The molecular weight excluding hydrogens is 290 g/mol. The van der Waals surface area contributed by atoms with Crippen molar-refractivity contribution >= 4 is 21.2 Å². The van der Waals surface area contributed by atoms with Gasteiger partial charge in [-0.25, -0.2) is 8.42 Å². The monoisotopic (exact) mass is 309 g/mol. The Morgan fingerprint density at radius 3 is 2.10 bits per heavy atom. The minimum Gasteiger partial charge on any atom is -0.304 e. The molecule has 0 saturated heterocycles. The normalized spacial score (nSPS) is 14.9. The van der Waals surface area contributed by atoms with Crippen LogP contribution in [-0.4, -0.2) is 14.7 Å². The summed E-state index contributed by atoms with van der Waals surface area (Å²) in [7, 11) is -3.12. The molecule has 1 aromatic carbocycles. The maximum atomic E-state index is 11.4. The molecule has 2 rings (SSSR count). The average molecular weight is 309 g/mol. The van der Waals surface area contributed by atoms with Gasteiger partial charge in [0.2, 0.25) is 0 Å². The summed E-state index contributed by atoms with van der Waals surface area (Å²) in [6.45, 7) is 4.21. The topological polar surface area (TPSA) is 46.2 Å². The van der Waals surface area contributed by atoms with E-state index in [0.29, 0.717) is 4.90 Å². The summed E-state index contributed by atoms with van der Waals surface area (Å²) < 4.78 is 22.9. The highest BCUT2D eigenvalue weighted by atomic mass is 32.2. The zero-order valence-electron chi connectivity index (χ0n) is 11.8. The van der Waals surface area contributed by atoms with Gasteiger partial charge in [0, 0.05) is 18.3 Å². The highest BCUT2D eigenvalue weighted by Gasteiger charge is 2.12. The third-order valence-electron chi connectivity index (χ3n) is 3.35. The fourth-order valence-electron chi connectivity index (χ4n) is 2.09. The number of sulfone groups is 1. The standard InChI is InChI=1S/C15H19NO2S2/c1-11(16-12(2)14-8-9-19-10-14)13-4-6-15(7-5-13)20(3,17)18/h4-12,16H,1-3H3. The molecule has 0 bridgehead atoms. The Kier molecular flexibility index (Phi) is 4.62. The third-order valence-corrected chi connectivity index (χ3v) is 5.18. The van der Waals surface area contributed by atoms with Gasteiger partial charge in [-0.1, -0.05) is 12.1 Å². The summed E-state index contributed by atoms with van der Waals surface area (Å²) in [5, 5.41) is 7.72. The molecule has 2 atom stereocenters. The number of hydrogen-bond acceptors (Lipinski definition) is 4. The first-order chi connectivity index (χ1) is 9.38. The minimum atomic E-state index is -3.12. The van der Waals surface area contributed by atoms with Crippen LogP contribution in [0.2, 0.25) is 0 Å². The molecule has 1 aromatic heterocycles. The number of benzene rings is 1. The Hall–Kier alpha value is -1.17. The van der Waals surface area contributed by atoms with Gasteiger partial charge < -0.3 is 5.32 Å². The van der Waals surface area contributed by atoms with E-state index in [9.17, 15) is 8.42 Å². The number of thiophene rings is 1. The van der Waals surface area contributed by atoms with Crippen LogP contribution in [0.1, 0.15) is 37.1 Å². The lowest BCUT2D eigenvalue weighted by Crippen LogP contribution is -2.22. The van der Waals surface area contributed by atoms with E-state index in [1.807, 2.05) is 12.1 Å². The van der Waals surface area contributed by atoms with Crippen molar-refractivity contribution in [1.29, 1.82) is 0 Å².